The van der Waals surface area contributed by atoms with Crippen LogP contribution in [0.1, 0.15) is 28.4 Å². The van der Waals surface area contributed by atoms with Crippen LogP contribution in [0.25, 0.3) is 0 Å². The molecule has 4 heteroatoms. The molecule has 132 valence electrons. The predicted molar refractivity (Wildman–Crippen MR) is 102 cm³/mol. The van der Waals surface area contributed by atoms with Crippen molar-refractivity contribution >= 4 is 5.91 Å². The first kappa shape index (κ1) is 17.7. The summed E-state index contributed by atoms with van der Waals surface area (Å²) < 4.78 is 5.46. The fraction of sp³-hybridized carbons (Fsp3) is 0.182. The Morgan fingerprint density at radius 2 is 1.62 bits per heavy atom. The summed E-state index contributed by atoms with van der Waals surface area (Å²) in [5, 5.41) is 0. The van der Waals surface area contributed by atoms with E-state index in [-0.39, 0.29) is 5.91 Å². The third-order valence-corrected chi connectivity index (χ3v) is 4.01. The van der Waals surface area contributed by atoms with Gasteiger partial charge in [-0.15, -0.1) is 0 Å². The largest absolute Gasteiger partial charge is 0.494 e. The second-order valence-electron chi connectivity index (χ2n) is 5.97. The van der Waals surface area contributed by atoms with Gasteiger partial charge in [-0.05, 0) is 48.4 Å². The van der Waals surface area contributed by atoms with Crippen LogP contribution in [-0.4, -0.2) is 22.4 Å². The van der Waals surface area contributed by atoms with Crippen LogP contribution in [-0.2, 0) is 13.1 Å². The summed E-state index contributed by atoms with van der Waals surface area (Å²) in [6, 6.07) is 21.2. The molecule has 0 saturated heterocycles. The number of amides is 1. The summed E-state index contributed by atoms with van der Waals surface area (Å²) in [5.41, 5.74) is 2.74. The number of rotatable bonds is 7. The predicted octanol–water partition coefficient (Wildman–Crippen LogP) is 4.32. The molecule has 0 atom stereocenters. The van der Waals surface area contributed by atoms with Crippen molar-refractivity contribution in [3.8, 4) is 5.75 Å². The van der Waals surface area contributed by atoms with Crippen LogP contribution < -0.4 is 4.74 Å². The highest BCUT2D eigenvalue weighted by molar-refractivity contribution is 5.94. The number of carbonyl (C=O) groups excluding carboxylic acids is 1. The van der Waals surface area contributed by atoms with Gasteiger partial charge in [0.05, 0.1) is 6.61 Å². The van der Waals surface area contributed by atoms with Crippen molar-refractivity contribution in [2.75, 3.05) is 6.61 Å². The Morgan fingerprint density at radius 1 is 0.923 bits per heavy atom. The number of hydrogen-bond donors (Lipinski definition) is 0. The van der Waals surface area contributed by atoms with Crippen molar-refractivity contribution in [1.29, 1.82) is 0 Å². The Labute approximate surface area is 154 Å². The number of ether oxygens (including phenoxy) is 1. The highest BCUT2D eigenvalue weighted by Crippen LogP contribution is 2.17. The minimum Gasteiger partial charge on any atom is -0.494 e. The molecule has 0 unspecified atom stereocenters. The minimum atomic E-state index is -0.0132. The first-order valence-electron chi connectivity index (χ1n) is 8.71. The van der Waals surface area contributed by atoms with Crippen molar-refractivity contribution in [2.45, 2.75) is 20.0 Å². The van der Waals surface area contributed by atoms with Gasteiger partial charge in [0.25, 0.3) is 5.91 Å². The van der Waals surface area contributed by atoms with E-state index in [1.807, 2.05) is 78.6 Å². The molecule has 1 heterocycles. The van der Waals surface area contributed by atoms with Crippen molar-refractivity contribution < 1.29 is 9.53 Å². The molecule has 0 N–H and O–H groups in total. The molecule has 3 aromatic rings. The monoisotopic (exact) mass is 346 g/mol. The zero-order valence-electron chi connectivity index (χ0n) is 14.8. The fourth-order valence-corrected chi connectivity index (χ4v) is 2.76. The standard InChI is InChI=1S/C22H22N2O2/c1-2-26-21-12-10-20(11-13-21)22(25)24(16-18-7-4-3-5-8-18)17-19-9-6-14-23-15-19/h3-15H,2,16-17H2,1H3. The number of nitrogens with zero attached hydrogens (tertiary/aromatic N) is 2. The average Bonchev–Trinajstić information content (AvgIpc) is 2.69. The van der Waals surface area contributed by atoms with E-state index in [1.165, 1.54) is 0 Å². The van der Waals surface area contributed by atoms with Gasteiger partial charge in [0, 0.05) is 31.0 Å². The summed E-state index contributed by atoms with van der Waals surface area (Å²) in [7, 11) is 0. The lowest BCUT2D eigenvalue weighted by atomic mass is 10.1. The molecule has 1 amide bonds. The third kappa shape index (κ3) is 4.70. The van der Waals surface area contributed by atoms with Crippen LogP contribution in [0.15, 0.2) is 79.1 Å². The maximum absolute atomic E-state index is 13.1. The van der Waals surface area contributed by atoms with Crippen LogP contribution in [0, 0.1) is 0 Å². The number of aromatic nitrogens is 1. The Balaban J connectivity index is 1.82. The van der Waals surface area contributed by atoms with Gasteiger partial charge in [0.2, 0.25) is 0 Å². The van der Waals surface area contributed by atoms with Crippen molar-refractivity contribution in [3.63, 3.8) is 0 Å². The van der Waals surface area contributed by atoms with E-state index in [1.54, 1.807) is 12.4 Å². The molecule has 0 radical (unpaired) electrons. The van der Waals surface area contributed by atoms with Gasteiger partial charge in [-0.1, -0.05) is 36.4 Å². The van der Waals surface area contributed by atoms with E-state index in [2.05, 4.69) is 4.98 Å². The molecule has 0 spiro atoms. The molecule has 0 aliphatic carbocycles. The maximum Gasteiger partial charge on any atom is 0.254 e. The van der Waals surface area contributed by atoms with Gasteiger partial charge in [-0.25, -0.2) is 0 Å². The van der Waals surface area contributed by atoms with E-state index >= 15 is 0 Å². The molecule has 2 aromatic carbocycles. The lowest BCUT2D eigenvalue weighted by Crippen LogP contribution is -2.30. The number of hydrogen-bond acceptors (Lipinski definition) is 3. The molecule has 0 bridgehead atoms. The maximum atomic E-state index is 13.1. The van der Waals surface area contributed by atoms with Crippen LogP contribution in [0.3, 0.4) is 0 Å². The molecule has 3 rings (SSSR count). The molecule has 26 heavy (non-hydrogen) atoms. The number of benzene rings is 2. The quantitative estimate of drug-likeness (QED) is 0.640. The summed E-state index contributed by atoms with van der Waals surface area (Å²) in [6.07, 6.45) is 3.53. The summed E-state index contributed by atoms with van der Waals surface area (Å²) in [6.45, 7) is 3.60. The van der Waals surface area contributed by atoms with Gasteiger partial charge >= 0.3 is 0 Å². The normalized spacial score (nSPS) is 10.3. The highest BCUT2D eigenvalue weighted by Gasteiger charge is 2.17. The second-order valence-corrected chi connectivity index (χ2v) is 5.97. The van der Waals surface area contributed by atoms with Gasteiger partial charge in [-0.3, -0.25) is 9.78 Å². The van der Waals surface area contributed by atoms with Crippen LogP contribution in [0.4, 0.5) is 0 Å². The first-order valence-corrected chi connectivity index (χ1v) is 8.71. The summed E-state index contributed by atoms with van der Waals surface area (Å²) in [5.74, 6) is 0.756. The molecule has 0 aliphatic rings. The summed E-state index contributed by atoms with van der Waals surface area (Å²) >= 11 is 0. The zero-order chi connectivity index (χ0) is 18.2. The Hall–Kier alpha value is -3.14. The van der Waals surface area contributed by atoms with E-state index in [4.69, 9.17) is 4.74 Å². The van der Waals surface area contributed by atoms with E-state index in [0.29, 0.717) is 25.3 Å². The SMILES string of the molecule is CCOc1ccc(C(=O)N(Cc2ccccc2)Cc2cccnc2)cc1. The second kappa shape index (κ2) is 8.81. The zero-order valence-corrected chi connectivity index (χ0v) is 14.8. The number of pyridine rings is 1. The highest BCUT2D eigenvalue weighted by atomic mass is 16.5. The Kier molecular flexibility index (Phi) is 5.99. The summed E-state index contributed by atoms with van der Waals surface area (Å²) in [4.78, 5) is 19.1. The van der Waals surface area contributed by atoms with Crippen LogP contribution in [0.2, 0.25) is 0 Å². The molecule has 4 nitrogen and oxygen atoms in total. The van der Waals surface area contributed by atoms with Gasteiger partial charge < -0.3 is 9.64 Å². The van der Waals surface area contributed by atoms with Crippen LogP contribution in [0.5, 0.6) is 5.75 Å². The molecule has 0 fully saturated rings. The Bertz CT molecular complexity index is 776. The smallest absolute Gasteiger partial charge is 0.254 e. The van der Waals surface area contributed by atoms with Crippen molar-refractivity contribution in [2.24, 2.45) is 0 Å². The lowest BCUT2D eigenvalue weighted by Gasteiger charge is -2.23. The molecular formula is C22H22N2O2. The van der Waals surface area contributed by atoms with E-state index in [9.17, 15) is 4.79 Å². The third-order valence-electron chi connectivity index (χ3n) is 4.01. The fourth-order valence-electron chi connectivity index (χ4n) is 2.76. The van der Waals surface area contributed by atoms with Gasteiger partial charge in [-0.2, -0.15) is 0 Å². The lowest BCUT2D eigenvalue weighted by molar-refractivity contribution is 0.0730. The molecular weight excluding hydrogens is 324 g/mol. The molecule has 0 saturated carbocycles. The Morgan fingerprint density at radius 3 is 2.27 bits per heavy atom. The number of carbonyl (C=O) groups is 1. The molecule has 0 aliphatic heterocycles. The topological polar surface area (TPSA) is 42.4 Å². The van der Waals surface area contributed by atoms with Crippen molar-refractivity contribution in [1.82, 2.24) is 9.88 Å². The van der Waals surface area contributed by atoms with E-state index < -0.39 is 0 Å². The average molecular weight is 346 g/mol. The minimum absolute atomic E-state index is 0.0132. The van der Waals surface area contributed by atoms with Gasteiger partial charge in [0.15, 0.2) is 0 Å². The van der Waals surface area contributed by atoms with Crippen molar-refractivity contribution in [3.05, 3.63) is 95.8 Å². The van der Waals surface area contributed by atoms with Crippen LogP contribution >= 0.6 is 0 Å². The first-order chi connectivity index (χ1) is 12.8. The van der Waals surface area contributed by atoms with Gasteiger partial charge in [0.1, 0.15) is 5.75 Å². The van der Waals surface area contributed by atoms with E-state index in [0.717, 1.165) is 16.9 Å². The molecule has 1 aromatic heterocycles.